The van der Waals surface area contributed by atoms with Gasteiger partial charge in [-0.1, -0.05) is 13.8 Å². The Balaban J connectivity index is 0.00000145. The van der Waals surface area contributed by atoms with Crippen molar-refractivity contribution in [2.75, 3.05) is 0 Å². The van der Waals surface area contributed by atoms with E-state index in [-0.39, 0.29) is 30.9 Å². The number of aromatic nitrogens is 1. The molecule has 1 heterocycles. The topological polar surface area (TPSA) is 45.9 Å². The van der Waals surface area contributed by atoms with Gasteiger partial charge in [0.1, 0.15) is 24.2 Å². The number of rotatable bonds is 4. The molecule has 29 heavy (non-hydrogen) atoms. The van der Waals surface area contributed by atoms with E-state index in [4.69, 9.17) is 10.00 Å². The van der Waals surface area contributed by atoms with E-state index in [0.717, 1.165) is 21.6 Å². The highest BCUT2D eigenvalue weighted by molar-refractivity contribution is 7.11. The van der Waals surface area contributed by atoms with Crippen molar-refractivity contribution in [2.24, 2.45) is 5.92 Å². The summed E-state index contributed by atoms with van der Waals surface area (Å²) in [5.74, 6) is -1.48. The van der Waals surface area contributed by atoms with Gasteiger partial charge in [0, 0.05) is 12.0 Å². The van der Waals surface area contributed by atoms with Crippen LogP contribution >= 0.6 is 11.3 Å². The molecule has 1 aromatic heterocycles. The molecule has 0 bridgehead atoms. The number of nitriles is 1. The highest BCUT2D eigenvalue weighted by Gasteiger charge is 2.42. The smallest absolute Gasteiger partial charge is 0.391 e. The predicted octanol–water partition coefficient (Wildman–Crippen LogP) is 6.90. The first-order chi connectivity index (χ1) is 13.8. The van der Waals surface area contributed by atoms with Crippen molar-refractivity contribution in [3.05, 3.63) is 45.2 Å². The predicted molar refractivity (Wildman–Crippen MR) is 104 cm³/mol. The van der Waals surface area contributed by atoms with E-state index >= 15 is 0 Å². The quantitative estimate of drug-likeness (QED) is 0.498. The number of hydrogen-bond donors (Lipinski definition) is 0. The number of alkyl halides is 3. The van der Waals surface area contributed by atoms with Crippen molar-refractivity contribution in [1.29, 1.82) is 5.26 Å². The maximum absolute atomic E-state index is 13.6. The van der Waals surface area contributed by atoms with Crippen LogP contribution in [0.2, 0.25) is 0 Å². The molecule has 1 aromatic carbocycles. The van der Waals surface area contributed by atoms with E-state index in [1.807, 2.05) is 20.8 Å². The third kappa shape index (κ3) is 5.92. The van der Waals surface area contributed by atoms with Crippen LogP contribution in [0.3, 0.4) is 0 Å². The summed E-state index contributed by atoms with van der Waals surface area (Å²) in [5, 5.41) is 9.59. The van der Waals surface area contributed by atoms with Gasteiger partial charge in [-0.2, -0.15) is 18.4 Å². The summed E-state index contributed by atoms with van der Waals surface area (Å²) < 4.78 is 57.6. The molecule has 0 aliphatic heterocycles. The van der Waals surface area contributed by atoms with Gasteiger partial charge in [0.05, 0.1) is 27.1 Å². The first-order valence-electron chi connectivity index (χ1n) is 9.63. The lowest BCUT2D eigenvalue weighted by Crippen LogP contribution is -2.27. The van der Waals surface area contributed by atoms with E-state index < -0.39 is 17.9 Å². The molecule has 3 rings (SSSR count). The summed E-state index contributed by atoms with van der Waals surface area (Å²) in [6.45, 7) is 6.03. The Morgan fingerprint density at radius 1 is 1.21 bits per heavy atom. The molecule has 0 atom stereocenters. The van der Waals surface area contributed by atoms with Crippen molar-refractivity contribution in [3.63, 3.8) is 0 Å². The minimum atomic E-state index is -4.11. The first kappa shape index (κ1) is 23.1. The minimum absolute atomic E-state index is 0.0481. The van der Waals surface area contributed by atoms with Crippen molar-refractivity contribution in [1.82, 2.24) is 4.98 Å². The Morgan fingerprint density at radius 2 is 1.86 bits per heavy atom. The Morgan fingerprint density at radius 3 is 2.41 bits per heavy atom. The van der Waals surface area contributed by atoms with Crippen molar-refractivity contribution in [2.45, 2.75) is 65.2 Å². The molecule has 8 heteroatoms. The second-order valence-corrected chi connectivity index (χ2v) is 7.81. The van der Waals surface area contributed by atoms with Crippen LogP contribution < -0.4 is 4.74 Å². The number of thiazole rings is 1. The van der Waals surface area contributed by atoms with Gasteiger partial charge in [-0.05, 0) is 44.7 Å². The van der Waals surface area contributed by atoms with Gasteiger partial charge in [0.25, 0.3) is 0 Å². The summed E-state index contributed by atoms with van der Waals surface area (Å²) in [6, 6.07) is 5.79. The van der Waals surface area contributed by atoms with Gasteiger partial charge in [0.15, 0.2) is 0 Å². The fourth-order valence-electron chi connectivity index (χ4n) is 3.25. The average Bonchev–Trinajstić information content (AvgIpc) is 3.08. The van der Waals surface area contributed by atoms with Crippen molar-refractivity contribution in [3.8, 4) is 11.8 Å². The molecule has 3 nitrogen and oxygen atoms in total. The van der Waals surface area contributed by atoms with E-state index in [1.54, 1.807) is 6.07 Å². The van der Waals surface area contributed by atoms with E-state index in [1.165, 1.54) is 23.5 Å². The number of benzene rings is 1. The molecule has 2 aromatic rings. The van der Waals surface area contributed by atoms with Gasteiger partial charge in [-0.25, -0.2) is 9.37 Å². The van der Waals surface area contributed by atoms with Gasteiger partial charge in [-0.3, -0.25) is 0 Å². The Kier molecular flexibility index (Phi) is 8.03. The number of halogens is 4. The molecule has 1 fully saturated rings. The lowest BCUT2D eigenvalue weighted by Gasteiger charge is -2.28. The van der Waals surface area contributed by atoms with Gasteiger partial charge >= 0.3 is 6.18 Å². The third-order valence-corrected chi connectivity index (χ3v) is 6.17. The van der Waals surface area contributed by atoms with Crippen LogP contribution in [-0.4, -0.2) is 11.2 Å². The van der Waals surface area contributed by atoms with Crippen molar-refractivity contribution >= 4 is 11.3 Å². The summed E-state index contributed by atoms with van der Waals surface area (Å²) in [5.41, 5.74) is 0.732. The maximum Gasteiger partial charge on any atom is 0.391 e. The fourth-order valence-corrected chi connectivity index (χ4v) is 4.40. The average molecular weight is 428 g/mol. The van der Waals surface area contributed by atoms with Gasteiger partial charge < -0.3 is 4.74 Å². The van der Waals surface area contributed by atoms with Crippen LogP contribution in [-0.2, 0) is 6.61 Å². The molecule has 1 aliphatic rings. The second kappa shape index (κ2) is 10.1. The molecule has 158 valence electrons. The standard InChI is InChI=1S/C19H18F4N2OS.C2H6/c1-11-17(10-26-15-7-4-13(9-24)16(20)8-15)27-18(25-11)12-2-5-14(6-3-12)19(21,22)23;1-2/h4,7-8,12,14H,2-3,5-6,10H2,1H3;1-2H3. The Hall–Kier alpha value is -2.14. The molecular formula is C21H24F4N2OS. The zero-order chi connectivity index (χ0) is 21.6. The lowest BCUT2D eigenvalue weighted by molar-refractivity contribution is -0.182. The summed E-state index contributed by atoms with van der Waals surface area (Å²) in [6.07, 6.45) is -2.86. The third-order valence-electron chi connectivity index (χ3n) is 4.88. The molecule has 0 unspecified atom stereocenters. The number of hydrogen-bond acceptors (Lipinski definition) is 4. The first-order valence-corrected chi connectivity index (χ1v) is 10.4. The van der Waals surface area contributed by atoms with Crippen LogP contribution in [0.15, 0.2) is 18.2 Å². The van der Waals surface area contributed by atoms with Gasteiger partial charge in [-0.15, -0.1) is 11.3 Å². The monoisotopic (exact) mass is 428 g/mol. The molecule has 1 aliphatic carbocycles. The number of ether oxygens (including phenoxy) is 1. The van der Waals surface area contributed by atoms with Gasteiger partial charge in [0.2, 0.25) is 0 Å². The van der Waals surface area contributed by atoms with Crippen LogP contribution in [0.5, 0.6) is 5.75 Å². The van der Waals surface area contributed by atoms with Crippen molar-refractivity contribution < 1.29 is 22.3 Å². The van der Waals surface area contributed by atoms with Crippen LogP contribution in [0, 0.1) is 30.0 Å². The molecule has 0 saturated heterocycles. The largest absolute Gasteiger partial charge is 0.488 e. The molecule has 0 amide bonds. The molecule has 1 saturated carbocycles. The van der Waals surface area contributed by atoms with Crippen LogP contribution in [0.25, 0.3) is 0 Å². The molecule has 0 spiro atoms. The number of nitrogens with zero attached hydrogens (tertiary/aromatic N) is 2. The Labute approximate surface area is 172 Å². The maximum atomic E-state index is 13.6. The molecule has 0 N–H and O–H groups in total. The summed E-state index contributed by atoms with van der Waals surface area (Å²) in [4.78, 5) is 5.39. The second-order valence-electron chi connectivity index (χ2n) is 6.69. The minimum Gasteiger partial charge on any atom is -0.488 e. The summed E-state index contributed by atoms with van der Waals surface area (Å²) >= 11 is 1.44. The summed E-state index contributed by atoms with van der Waals surface area (Å²) in [7, 11) is 0. The molecule has 0 radical (unpaired) electrons. The zero-order valence-electron chi connectivity index (χ0n) is 16.6. The van der Waals surface area contributed by atoms with E-state index in [0.29, 0.717) is 18.6 Å². The molecular weight excluding hydrogens is 404 g/mol. The zero-order valence-corrected chi connectivity index (χ0v) is 17.5. The Bertz CT molecular complexity index is 849. The number of aryl methyl sites for hydroxylation is 1. The normalized spacial score (nSPS) is 19.1. The fraction of sp³-hybridized carbons (Fsp3) is 0.524. The van der Waals surface area contributed by atoms with Crippen LogP contribution in [0.1, 0.15) is 66.6 Å². The van der Waals surface area contributed by atoms with E-state index in [2.05, 4.69) is 4.98 Å². The highest BCUT2D eigenvalue weighted by atomic mass is 32.1. The van der Waals surface area contributed by atoms with E-state index in [9.17, 15) is 17.6 Å². The highest BCUT2D eigenvalue weighted by Crippen LogP contribution is 2.44. The lowest BCUT2D eigenvalue weighted by atomic mass is 9.82. The van der Waals surface area contributed by atoms with Crippen LogP contribution in [0.4, 0.5) is 17.6 Å². The SMILES string of the molecule is CC.Cc1nc(C2CCC(C(F)(F)F)CC2)sc1COc1ccc(C#N)c(F)c1.